The molecule has 0 saturated carbocycles. The average Bonchev–Trinajstić information content (AvgIpc) is 0.918. The highest BCUT2D eigenvalue weighted by Crippen LogP contribution is 1.17. The van der Waals surface area contributed by atoms with Crippen LogP contribution in [0.2, 0.25) is 0 Å². The van der Waals surface area contributed by atoms with E-state index in [0.717, 1.165) is 0 Å². The predicted molar refractivity (Wildman–Crippen MR) is 20.4 cm³/mol. The molecule has 1 atom stereocenters. The summed E-state index contributed by atoms with van der Waals surface area (Å²) in [4.78, 5) is 0. The Hall–Kier alpha value is 0.350. The van der Waals surface area contributed by atoms with Crippen molar-refractivity contribution in [3.63, 3.8) is 0 Å². The number of aliphatic hydroxyl groups is 2. The second-order valence-electron chi connectivity index (χ2n) is 0.141. The Morgan fingerprint density at radius 3 is 1.25 bits per heavy atom. The molecule has 0 aliphatic heterocycles. The van der Waals surface area contributed by atoms with Crippen LogP contribution in [0.25, 0.3) is 0 Å². The molecule has 0 aliphatic carbocycles. The molecule has 0 spiro atoms. The van der Waals surface area contributed by atoms with Crippen LogP contribution in [0.15, 0.2) is 0 Å². The van der Waals surface area contributed by atoms with Gasteiger partial charge in [-0.25, -0.2) is 0 Å². The number of hydrogen-bond donors (Lipinski definition) is 2. The van der Waals surface area contributed by atoms with Crippen molar-refractivity contribution in [3.8, 4) is 0 Å². The molecule has 0 aliphatic rings. The van der Waals surface area contributed by atoms with Crippen LogP contribution in [0.4, 0.5) is 0 Å². The summed E-state index contributed by atoms with van der Waals surface area (Å²) < 4.78 is 0. The molecule has 0 amide bonds. The average molecular weight is 82.0 g/mol. The lowest BCUT2D eigenvalue weighted by Crippen LogP contribution is -1.66. The van der Waals surface area contributed by atoms with Crippen LogP contribution >= 0.6 is 9.90 Å². The molecule has 1 unspecified atom stereocenters. The number of aliphatic hydroxyl groups excluding tert-OH is 1. The van der Waals surface area contributed by atoms with E-state index in [0.29, 0.717) is 0 Å². The summed E-state index contributed by atoms with van der Waals surface area (Å²) in [5, 5.41) is 14.2. The lowest BCUT2D eigenvalue weighted by atomic mass is 11.6. The van der Waals surface area contributed by atoms with Gasteiger partial charge in [0.1, 0.15) is 6.79 Å². The van der Waals surface area contributed by atoms with Gasteiger partial charge in [-0.05, 0) is 0 Å². The topological polar surface area (TPSA) is 40.5 Å². The summed E-state index contributed by atoms with van der Waals surface area (Å²) in [6.07, 6.45) is 0. The Balaban J connectivity index is 0. The normalized spacial score (nSPS) is 4.50. The summed E-state index contributed by atoms with van der Waals surface area (Å²) in [6.45, 7) is -0.750. The molecule has 2 N–H and O–H groups in total. The minimum atomic E-state index is -0.750. The van der Waals surface area contributed by atoms with E-state index >= 15 is 0 Å². The monoisotopic (exact) mass is 82.0 g/mol. The fraction of sp³-hybridized carbons (Fsp3) is 1.00. The summed E-state index contributed by atoms with van der Waals surface area (Å²) in [5.41, 5.74) is 0. The van der Waals surface area contributed by atoms with E-state index in [2.05, 4.69) is 0 Å². The number of hydrogen-bond acceptors (Lipinski definition) is 2. The first-order chi connectivity index (χ1) is 1.41. The van der Waals surface area contributed by atoms with Crippen LogP contribution in [0.1, 0.15) is 0 Å². The Bertz CT molecular complexity index is 6.00. The van der Waals surface area contributed by atoms with E-state index in [1.807, 2.05) is 0 Å². The molecule has 28 valence electrons. The van der Waals surface area contributed by atoms with Gasteiger partial charge in [0.15, 0.2) is 0 Å². The van der Waals surface area contributed by atoms with Crippen molar-refractivity contribution >= 4 is 9.90 Å². The quantitative estimate of drug-likeness (QED) is 0.290. The Labute approximate surface area is 28.1 Å². The zero-order valence-corrected chi connectivity index (χ0v) is 3.72. The molecule has 0 aromatic carbocycles. The minimum Gasteiger partial charge on any atom is -0.371 e. The van der Waals surface area contributed by atoms with Crippen LogP contribution in [-0.2, 0) is 0 Å². The van der Waals surface area contributed by atoms with Crippen molar-refractivity contribution in [2.75, 3.05) is 6.79 Å². The van der Waals surface area contributed by atoms with Gasteiger partial charge in [-0.2, -0.15) is 9.90 Å². The summed E-state index contributed by atoms with van der Waals surface area (Å²) in [5.74, 6) is 0. The summed E-state index contributed by atoms with van der Waals surface area (Å²) in [6, 6.07) is 0. The maximum atomic E-state index is 7.12. The van der Waals surface area contributed by atoms with Crippen LogP contribution in [-0.4, -0.2) is 17.0 Å². The maximum absolute atomic E-state index is 7.12. The molecule has 0 aromatic heterocycles. The third-order valence-electron chi connectivity index (χ3n) is 0. The van der Waals surface area contributed by atoms with Crippen LogP contribution < -0.4 is 0 Å². The molecule has 4 heavy (non-hydrogen) atoms. The highest BCUT2D eigenvalue weighted by atomic mass is 31.0. The minimum absolute atomic E-state index is 0. The van der Waals surface area contributed by atoms with E-state index in [1.165, 1.54) is 0 Å². The van der Waals surface area contributed by atoms with Crippen LogP contribution in [0.5, 0.6) is 0 Å². The lowest BCUT2D eigenvalue weighted by Gasteiger charge is -1.55. The van der Waals surface area contributed by atoms with Crippen molar-refractivity contribution < 1.29 is 10.2 Å². The lowest BCUT2D eigenvalue weighted by molar-refractivity contribution is 0.0773. The van der Waals surface area contributed by atoms with E-state index in [-0.39, 0.29) is 9.90 Å². The molecular formula is CH7O2P. The third kappa shape index (κ3) is 35.0. The van der Waals surface area contributed by atoms with Gasteiger partial charge in [0.25, 0.3) is 0 Å². The molecule has 0 rings (SSSR count). The summed E-state index contributed by atoms with van der Waals surface area (Å²) in [7, 11) is 0. The first kappa shape index (κ1) is 8.84. The molecule has 0 saturated heterocycles. The zero-order valence-electron chi connectivity index (χ0n) is 2.31. The fourth-order valence-electron chi connectivity index (χ4n) is 0. The van der Waals surface area contributed by atoms with Crippen LogP contribution in [0.3, 0.4) is 0 Å². The molecule has 2 nitrogen and oxygen atoms in total. The van der Waals surface area contributed by atoms with E-state index in [1.54, 1.807) is 0 Å². The van der Waals surface area contributed by atoms with Gasteiger partial charge in [-0.15, -0.1) is 0 Å². The standard InChI is InChI=1S/CH4O2.H3P/c2-1-3;/h2-3H,1H2;1H3. The van der Waals surface area contributed by atoms with Crippen molar-refractivity contribution in [1.29, 1.82) is 0 Å². The first-order valence-electron chi connectivity index (χ1n) is 0.632. The zero-order chi connectivity index (χ0) is 2.71. The third-order valence-corrected chi connectivity index (χ3v) is 0. The smallest absolute Gasteiger partial charge is 0.140 e. The second-order valence-corrected chi connectivity index (χ2v) is 0.141. The molecule has 3 heteroatoms. The van der Waals surface area contributed by atoms with Gasteiger partial charge in [0, 0.05) is 0 Å². The Kier molecular flexibility index (Phi) is 22.4. The fourth-order valence-corrected chi connectivity index (χ4v) is 0. The van der Waals surface area contributed by atoms with Gasteiger partial charge in [0.05, 0.1) is 0 Å². The molecule has 0 aromatic rings. The van der Waals surface area contributed by atoms with Crippen molar-refractivity contribution in [1.82, 2.24) is 0 Å². The molecule has 0 heterocycles. The maximum Gasteiger partial charge on any atom is 0.140 e. The van der Waals surface area contributed by atoms with E-state index in [4.69, 9.17) is 10.2 Å². The molecule has 0 fully saturated rings. The summed E-state index contributed by atoms with van der Waals surface area (Å²) >= 11 is 0. The van der Waals surface area contributed by atoms with Gasteiger partial charge in [-0.1, -0.05) is 0 Å². The van der Waals surface area contributed by atoms with Crippen molar-refractivity contribution in [2.45, 2.75) is 0 Å². The SMILES string of the molecule is OCO.P. The predicted octanol–water partition coefficient (Wildman–Crippen LogP) is -1.01. The van der Waals surface area contributed by atoms with Gasteiger partial charge < -0.3 is 10.2 Å². The molecular weight excluding hydrogens is 75.0 g/mol. The van der Waals surface area contributed by atoms with Crippen molar-refractivity contribution in [3.05, 3.63) is 0 Å². The second kappa shape index (κ2) is 10.2. The van der Waals surface area contributed by atoms with E-state index < -0.39 is 6.79 Å². The largest absolute Gasteiger partial charge is 0.371 e. The molecule has 0 radical (unpaired) electrons. The highest BCUT2D eigenvalue weighted by molar-refractivity contribution is 6.92. The van der Waals surface area contributed by atoms with E-state index in [9.17, 15) is 0 Å². The molecule has 0 bridgehead atoms. The Morgan fingerprint density at radius 2 is 1.25 bits per heavy atom. The van der Waals surface area contributed by atoms with Crippen molar-refractivity contribution in [2.24, 2.45) is 0 Å². The number of rotatable bonds is 0. The van der Waals surface area contributed by atoms with Gasteiger partial charge >= 0.3 is 0 Å². The first-order valence-corrected chi connectivity index (χ1v) is 0.632. The Morgan fingerprint density at radius 1 is 1.25 bits per heavy atom. The highest BCUT2D eigenvalue weighted by Gasteiger charge is 1.32. The van der Waals surface area contributed by atoms with Gasteiger partial charge in [0.2, 0.25) is 0 Å². The van der Waals surface area contributed by atoms with Gasteiger partial charge in [-0.3, -0.25) is 0 Å². The van der Waals surface area contributed by atoms with Crippen LogP contribution in [0, 0.1) is 0 Å².